The van der Waals surface area contributed by atoms with Gasteiger partial charge in [0.1, 0.15) is 0 Å². The summed E-state index contributed by atoms with van der Waals surface area (Å²) in [4.78, 5) is 48.9. The lowest BCUT2D eigenvalue weighted by atomic mass is 10.1. The standard InChI is InChI=1S/C20H19ClN4O7/c21-14-3-1-13(2-4-14)19(27)23-22-18(26)12-32-20(28)16-11-15(25(29)30)5-6-17(16)24-7-9-31-10-8-24/h1-6,11H,7-10,12H2,(H,22,26)(H,23,27). The van der Waals surface area contributed by atoms with Crippen LogP contribution in [0.3, 0.4) is 0 Å². The topological polar surface area (TPSA) is 140 Å². The fraction of sp³-hybridized carbons (Fsp3) is 0.250. The summed E-state index contributed by atoms with van der Waals surface area (Å²) in [7, 11) is 0. The molecule has 1 heterocycles. The maximum absolute atomic E-state index is 12.6. The number of hydrogen-bond donors (Lipinski definition) is 2. The van der Waals surface area contributed by atoms with Gasteiger partial charge in [0.05, 0.1) is 29.4 Å². The predicted molar refractivity (Wildman–Crippen MR) is 113 cm³/mol. The molecule has 11 nitrogen and oxygen atoms in total. The molecular formula is C20H19ClN4O7. The lowest BCUT2D eigenvalue weighted by Crippen LogP contribution is -2.43. The minimum atomic E-state index is -0.908. The van der Waals surface area contributed by atoms with Gasteiger partial charge in [-0.25, -0.2) is 4.79 Å². The summed E-state index contributed by atoms with van der Waals surface area (Å²) in [6.07, 6.45) is 0. The third-order valence-corrected chi connectivity index (χ3v) is 4.77. The minimum Gasteiger partial charge on any atom is -0.452 e. The number of rotatable bonds is 6. The first-order valence-corrected chi connectivity index (χ1v) is 9.86. The van der Waals surface area contributed by atoms with E-state index in [0.29, 0.717) is 37.0 Å². The van der Waals surface area contributed by atoms with Gasteiger partial charge in [0.25, 0.3) is 17.5 Å². The Balaban J connectivity index is 1.61. The van der Waals surface area contributed by atoms with Crippen molar-refractivity contribution in [2.24, 2.45) is 0 Å². The van der Waals surface area contributed by atoms with Gasteiger partial charge >= 0.3 is 5.97 Å². The number of anilines is 1. The molecule has 1 fully saturated rings. The summed E-state index contributed by atoms with van der Waals surface area (Å²) in [5.41, 5.74) is 4.69. The summed E-state index contributed by atoms with van der Waals surface area (Å²) >= 11 is 5.76. The molecule has 2 N–H and O–H groups in total. The van der Waals surface area contributed by atoms with E-state index in [0.717, 1.165) is 6.07 Å². The highest BCUT2D eigenvalue weighted by atomic mass is 35.5. The number of hydrogen-bond acceptors (Lipinski definition) is 8. The normalized spacial score (nSPS) is 13.2. The second-order valence-electron chi connectivity index (χ2n) is 6.64. The van der Waals surface area contributed by atoms with Crippen LogP contribution in [0.4, 0.5) is 11.4 Å². The SMILES string of the molecule is O=C(COC(=O)c1cc([N+](=O)[O-])ccc1N1CCOCC1)NNC(=O)c1ccc(Cl)cc1. The number of nitro benzene ring substituents is 1. The van der Waals surface area contributed by atoms with E-state index in [9.17, 15) is 24.5 Å². The van der Waals surface area contributed by atoms with E-state index in [1.807, 2.05) is 4.90 Å². The van der Waals surface area contributed by atoms with Crippen molar-refractivity contribution in [3.8, 4) is 0 Å². The van der Waals surface area contributed by atoms with E-state index < -0.39 is 29.3 Å². The molecule has 0 aromatic heterocycles. The Labute approximate surface area is 187 Å². The van der Waals surface area contributed by atoms with Crippen molar-refractivity contribution in [3.05, 3.63) is 68.7 Å². The van der Waals surface area contributed by atoms with Gasteiger partial charge in [0, 0.05) is 35.8 Å². The Bertz CT molecular complexity index is 1020. The number of carbonyl (C=O) groups excluding carboxylic acids is 3. The molecule has 168 valence electrons. The molecule has 2 aromatic rings. The summed E-state index contributed by atoms with van der Waals surface area (Å²) in [6.45, 7) is 1.18. The van der Waals surface area contributed by atoms with E-state index >= 15 is 0 Å². The van der Waals surface area contributed by atoms with E-state index in [2.05, 4.69) is 10.9 Å². The Morgan fingerprint density at radius 2 is 1.78 bits per heavy atom. The summed E-state index contributed by atoms with van der Waals surface area (Å²) < 4.78 is 10.3. The van der Waals surface area contributed by atoms with Crippen LogP contribution in [0.1, 0.15) is 20.7 Å². The number of nitrogens with zero attached hydrogens (tertiary/aromatic N) is 2. The van der Waals surface area contributed by atoms with Gasteiger partial charge in [0.2, 0.25) is 0 Å². The van der Waals surface area contributed by atoms with Crippen molar-refractivity contribution < 1.29 is 28.8 Å². The summed E-state index contributed by atoms with van der Waals surface area (Å²) in [5.74, 6) is -2.29. The van der Waals surface area contributed by atoms with Crippen molar-refractivity contribution in [1.29, 1.82) is 0 Å². The molecule has 1 aliphatic rings. The van der Waals surface area contributed by atoms with Crippen LogP contribution in [-0.4, -0.2) is 55.6 Å². The Hall–Kier alpha value is -3.70. The number of carbonyl (C=O) groups is 3. The second-order valence-corrected chi connectivity index (χ2v) is 7.08. The maximum Gasteiger partial charge on any atom is 0.341 e. The fourth-order valence-electron chi connectivity index (χ4n) is 2.93. The lowest BCUT2D eigenvalue weighted by Gasteiger charge is -2.30. The number of non-ortho nitro benzene ring substituents is 1. The largest absolute Gasteiger partial charge is 0.452 e. The number of morpholine rings is 1. The van der Waals surface area contributed by atoms with Crippen LogP contribution in [-0.2, 0) is 14.3 Å². The lowest BCUT2D eigenvalue weighted by molar-refractivity contribution is -0.384. The van der Waals surface area contributed by atoms with Gasteiger partial charge in [-0.1, -0.05) is 11.6 Å². The highest BCUT2D eigenvalue weighted by Gasteiger charge is 2.23. The highest BCUT2D eigenvalue weighted by molar-refractivity contribution is 6.30. The van der Waals surface area contributed by atoms with Gasteiger partial charge in [-0.15, -0.1) is 0 Å². The molecule has 3 rings (SSSR count). The average Bonchev–Trinajstić information content (AvgIpc) is 2.81. The third kappa shape index (κ3) is 5.93. The number of halogens is 1. The van der Waals surface area contributed by atoms with Gasteiger partial charge in [-0.2, -0.15) is 0 Å². The van der Waals surface area contributed by atoms with Crippen LogP contribution < -0.4 is 15.8 Å². The Morgan fingerprint density at radius 3 is 2.44 bits per heavy atom. The van der Waals surface area contributed by atoms with Crippen molar-refractivity contribution in [2.75, 3.05) is 37.8 Å². The van der Waals surface area contributed by atoms with Crippen molar-refractivity contribution >= 4 is 40.8 Å². The number of esters is 1. The molecule has 1 saturated heterocycles. The van der Waals surface area contributed by atoms with Crippen LogP contribution in [0.5, 0.6) is 0 Å². The molecule has 2 amide bonds. The molecule has 0 unspecified atom stereocenters. The van der Waals surface area contributed by atoms with Gasteiger partial charge < -0.3 is 14.4 Å². The smallest absolute Gasteiger partial charge is 0.341 e. The molecule has 0 saturated carbocycles. The van der Waals surface area contributed by atoms with Gasteiger partial charge in [-0.05, 0) is 30.3 Å². The van der Waals surface area contributed by atoms with Crippen molar-refractivity contribution in [1.82, 2.24) is 10.9 Å². The molecule has 32 heavy (non-hydrogen) atoms. The first-order valence-electron chi connectivity index (χ1n) is 9.48. The molecule has 12 heteroatoms. The van der Waals surface area contributed by atoms with Gasteiger partial charge in [-0.3, -0.25) is 30.6 Å². The number of amides is 2. The fourth-order valence-corrected chi connectivity index (χ4v) is 3.05. The number of benzene rings is 2. The van der Waals surface area contributed by atoms with Gasteiger partial charge in [0.15, 0.2) is 6.61 Å². The Kier molecular flexibility index (Phi) is 7.58. The quantitative estimate of drug-likeness (QED) is 0.375. The zero-order chi connectivity index (χ0) is 23.1. The number of hydrazine groups is 1. The zero-order valence-electron chi connectivity index (χ0n) is 16.7. The van der Waals surface area contributed by atoms with Crippen LogP contribution in [0.25, 0.3) is 0 Å². The summed E-state index contributed by atoms with van der Waals surface area (Å²) in [5, 5.41) is 11.6. The number of nitro groups is 1. The molecular weight excluding hydrogens is 444 g/mol. The molecule has 0 bridgehead atoms. The average molecular weight is 463 g/mol. The number of ether oxygens (including phenoxy) is 2. The second kappa shape index (κ2) is 10.6. The Morgan fingerprint density at radius 1 is 1.09 bits per heavy atom. The van der Waals surface area contributed by atoms with E-state index in [1.54, 1.807) is 0 Å². The van der Waals surface area contributed by atoms with Crippen LogP contribution in [0, 0.1) is 10.1 Å². The summed E-state index contributed by atoms with van der Waals surface area (Å²) in [6, 6.07) is 9.84. The molecule has 0 spiro atoms. The molecule has 0 aliphatic carbocycles. The zero-order valence-corrected chi connectivity index (χ0v) is 17.5. The van der Waals surface area contributed by atoms with Crippen molar-refractivity contribution in [2.45, 2.75) is 0 Å². The van der Waals surface area contributed by atoms with Crippen LogP contribution in [0.2, 0.25) is 5.02 Å². The molecule has 1 aliphatic heterocycles. The monoisotopic (exact) mass is 462 g/mol. The first-order chi connectivity index (χ1) is 15.3. The number of nitrogens with one attached hydrogen (secondary N) is 2. The third-order valence-electron chi connectivity index (χ3n) is 4.52. The predicted octanol–water partition coefficient (Wildman–Crippen LogP) is 1.70. The molecule has 2 aromatic carbocycles. The van der Waals surface area contributed by atoms with E-state index in [-0.39, 0.29) is 16.8 Å². The van der Waals surface area contributed by atoms with Crippen molar-refractivity contribution in [3.63, 3.8) is 0 Å². The molecule has 0 radical (unpaired) electrons. The minimum absolute atomic E-state index is 0.0425. The maximum atomic E-state index is 12.6. The first kappa shape index (κ1) is 23.0. The van der Waals surface area contributed by atoms with E-state index in [4.69, 9.17) is 21.1 Å². The van der Waals surface area contributed by atoms with Crippen LogP contribution in [0.15, 0.2) is 42.5 Å². The molecule has 0 atom stereocenters. The van der Waals surface area contributed by atoms with Crippen LogP contribution >= 0.6 is 11.6 Å². The van der Waals surface area contributed by atoms with E-state index in [1.165, 1.54) is 36.4 Å². The highest BCUT2D eigenvalue weighted by Crippen LogP contribution is 2.27.